The van der Waals surface area contributed by atoms with Crippen LogP contribution in [0.15, 0.2) is 59.8 Å². The number of H-pyrrole nitrogens is 1. The fraction of sp³-hybridized carbons (Fsp3) is 0. The van der Waals surface area contributed by atoms with E-state index in [2.05, 4.69) is 4.98 Å². The first-order valence-electron chi connectivity index (χ1n) is 4.19. The number of rotatable bonds is 1. The van der Waals surface area contributed by atoms with Gasteiger partial charge in [-0.05, 0) is 24.3 Å². The van der Waals surface area contributed by atoms with Crippen molar-refractivity contribution in [2.24, 2.45) is 0 Å². The molecule has 0 saturated heterocycles. The third-order valence-corrected chi connectivity index (χ3v) is 2.38. The van der Waals surface area contributed by atoms with Gasteiger partial charge in [-0.1, -0.05) is 18.2 Å². The Bertz CT molecular complexity index is 451. The fourth-order valence-electron chi connectivity index (χ4n) is 0.865. The molecule has 1 aromatic heterocycles. The van der Waals surface area contributed by atoms with Gasteiger partial charge < -0.3 is 9.54 Å². The molecule has 0 aliphatic heterocycles. The molecule has 0 bridgehead atoms. The molecule has 16 heavy (non-hydrogen) atoms. The number of aromatic nitrogens is 1. The molecule has 0 radical (unpaired) electrons. The van der Waals surface area contributed by atoms with Crippen LogP contribution in [0.25, 0.3) is 0 Å². The Morgan fingerprint density at radius 3 is 1.69 bits per heavy atom. The van der Waals surface area contributed by atoms with Gasteiger partial charge in [0.05, 0.1) is 4.90 Å². The fourth-order valence-corrected chi connectivity index (χ4v) is 1.36. The summed E-state index contributed by atoms with van der Waals surface area (Å²) in [6.45, 7) is 0. The van der Waals surface area contributed by atoms with E-state index in [4.69, 9.17) is 0 Å². The molecule has 0 saturated carbocycles. The Hall–Kier alpha value is -0.590. The van der Waals surface area contributed by atoms with Crippen molar-refractivity contribution in [3.8, 4) is 0 Å². The van der Waals surface area contributed by atoms with E-state index in [1.165, 1.54) is 24.3 Å². The third-order valence-electron chi connectivity index (χ3n) is 1.53. The molecule has 1 aromatic carbocycles. The molecule has 80 valence electrons. The summed E-state index contributed by atoms with van der Waals surface area (Å²) in [4.78, 5) is 2.68. The van der Waals surface area contributed by atoms with Crippen molar-refractivity contribution in [2.45, 2.75) is 4.90 Å². The summed E-state index contributed by atoms with van der Waals surface area (Å²) in [5.41, 5.74) is 0. The van der Waals surface area contributed by atoms with Crippen LogP contribution in [0, 0.1) is 0 Å². The van der Waals surface area contributed by atoms with Crippen LogP contribution in [0.3, 0.4) is 0 Å². The van der Waals surface area contributed by atoms with Gasteiger partial charge in [0.25, 0.3) is 0 Å². The second kappa shape index (κ2) is 7.65. The largest absolute Gasteiger partial charge is 1.00 e. The summed E-state index contributed by atoms with van der Waals surface area (Å²) in [5, 5.41) is 0. The van der Waals surface area contributed by atoms with Gasteiger partial charge in [0.15, 0.2) is 0 Å². The van der Waals surface area contributed by atoms with Crippen molar-refractivity contribution in [2.75, 3.05) is 0 Å². The van der Waals surface area contributed by atoms with Crippen LogP contribution in [-0.4, -0.2) is 18.0 Å². The topological polar surface area (TPSA) is 73.0 Å². The second-order valence-electron chi connectivity index (χ2n) is 2.65. The quantitative estimate of drug-likeness (QED) is 0.498. The van der Waals surface area contributed by atoms with Crippen LogP contribution in [0.1, 0.15) is 0 Å². The van der Waals surface area contributed by atoms with Crippen LogP contribution >= 0.6 is 0 Å². The molecule has 0 amide bonds. The summed E-state index contributed by atoms with van der Waals surface area (Å²) < 4.78 is 30.8. The van der Waals surface area contributed by atoms with E-state index in [1.807, 2.05) is 24.5 Å². The van der Waals surface area contributed by atoms with Crippen LogP contribution in [0.5, 0.6) is 0 Å². The third kappa shape index (κ3) is 6.09. The molecule has 0 aliphatic rings. The van der Waals surface area contributed by atoms with Gasteiger partial charge in [-0.3, -0.25) is 0 Å². The van der Waals surface area contributed by atoms with E-state index in [-0.39, 0.29) is 34.5 Å². The van der Waals surface area contributed by atoms with Gasteiger partial charge in [0.2, 0.25) is 0 Å². The van der Waals surface area contributed by atoms with Gasteiger partial charge in [-0.25, -0.2) is 8.42 Å². The average Bonchev–Trinajstić information content (AvgIpc) is 2.76. The molecular formula is C10H10NNaO3S. The predicted octanol–water partition coefficient (Wildman–Crippen LogP) is -1.39. The summed E-state index contributed by atoms with van der Waals surface area (Å²) in [7, 11) is -4.25. The first-order valence-corrected chi connectivity index (χ1v) is 5.60. The standard InChI is InChI=1S/C6H6O3S.C4H5N.Na/c7-10(8,9)6-4-2-1-3-5-6;1-2-4-5-3-1;/h1-5H,(H,7,8,9);1-5H;/q;;+1/p-1. The molecule has 0 fully saturated rings. The number of aromatic amines is 1. The summed E-state index contributed by atoms with van der Waals surface area (Å²) >= 11 is 0. The predicted molar refractivity (Wildman–Crippen MR) is 55.2 cm³/mol. The molecular weight excluding hydrogens is 237 g/mol. The maximum Gasteiger partial charge on any atom is 1.00 e. The zero-order valence-corrected chi connectivity index (χ0v) is 11.6. The SMILES string of the molecule is O=S(=O)([O-])c1ccccc1.[Na+].c1cc[nH]c1. The van der Waals surface area contributed by atoms with Crippen molar-refractivity contribution >= 4 is 10.1 Å². The molecule has 0 aliphatic carbocycles. The van der Waals surface area contributed by atoms with Crippen molar-refractivity contribution in [3.05, 3.63) is 54.9 Å². The number of benzene rings is 1. The normalized spacial score (nSPS) is 9.56. The van der Waals surface area contributed by atoms with E-state index in [0.717, 1.165) is 0 Å². The molecule has 1 N–H and O–H groups in total. The van der Waals surface area contributed by atoms with E-state index >= 15 is 0 Å². The molecule has 0 atom stereocenters. The maximum absolute atomic E-state index is 10.3. The smallest absolute Gasteiger partial charge is 0.744 e. The van der Waals surface area contributed by atoms with Gasteiger partial charge in [-0.2, -0.15) is 0 Å². The summed E-state index contributed by atoms with van der Waals surface area (Å²) in [6, 6.07) is 11.1. The van der Waals surface area contributed by atoms with Crippen molar-refractivity contribution in [1.29, 1.82) is 0 Å². The van der Waals surface area contributed by atoms with E-state index in [0.29, 0.717) is 0 Å². The Labute approximate surface area is 117 Å². The van der Waals surface area contributed by atoms with Crippen LogP contribution in [0.2, 0.25) is 0 Å². The Balaban J connectivity index is 0.000000318. The van der Waals surface area contributed by atoms with Gasteiger partial charge in [0, 0.05) is 12.4 Å². The molecule has 2 rings (SSSR count). The number of nitrogens with one attached hydrogen (secondary N) is 1. The zero-order chi connectivity index (χ0) is 11.1. The second-order valence-corrected chi connectivity index (χ2v) is 4.03. The minimum atomic E-state index is -4.25. The average molecular weight is 247 g/mol. The first-order chi connectivity index (χ1) is 7.11. The Morgan fingerprint density at radius 1 is 0.938 bits per heavy atom. The van der Waals surface area contributed by atoms with E-state index < -0.39 is 10.1 Å². The van der Waals surface area contributed by atoms with Crippen molar-refractivity contribution in [1.82, 2.24) is 4.98 Å². The molecule has 2 aromatic rings. The number of hydrogen-bond donors (Lipinski definition) is 1. The Kier molecular flexibility index (Phi) is 7.36. The van der Waals surface area contributed by atoms with Crippen molar-refractivity contribution in [3.63, 3.8) is 0 Å². The van der Waals surface area contributed by atoms with Gasteiger partial charge in [0.1, 0.15) is 10.1 Å². The van der Waals surface area contributed by atoms with E-state index in [1.54, 1.807) is 6.07 Å². The molecule has 1 heterocycles. The van der Waals surface area contributed by atoms with Gasteiger partial charge in [-0.15, -0.1) is 0 Å². The minimum absolute atomic E-state index is 0. The minimum Gasteiger partial charge on any atom is -0.744 e. The van der Waals surface area contributed by atoms with Crippen LogP contribution in [-0.2, 0) is 10.1 Å². The van der Waals surface area contributed by atoms with Crippen molar-refractivity contribution < 1.29 is 42.5 Å². The molecule has 4 nitrogen and oxygen atoms in total. The maximum atomic E-state index is 10.3. The molecule has 0 spiro atoms. The number of hydrogen-bond acceptors (Lipinski definition) is 3. The summed E-state index contributed by atoms with van der Waals surface area (Å²) in [6.07, 6.45) is 3.75. The summed E-state index contributed by atoms with van der Waals surface area (Å²) in [5.74, 6) is 0. The van der Waals surface area contributed by atoms with Gasteiger partial charge >= 0.3 is 29.6 Å². The monoisotopic (exact) mass is 247 g/mol. The molecule has 6 heteroatoms. The van der Waals surface area contributed by atoms with E-state index in [9.17, 15) is 13.0 Å². The zero-order valence-electron chi connectivity index (χ0n) is 8.83. The first kappa shape index (κ1) is 15.4. The van der Waals surface area contributed by atoms with Crippen LogP contribution in [0.4, 0.5) is 0 Å². The molecule has 0 unspecified atom stereocenters. The van der Waals surface area contributed by atoms with Crippen LogP contribution < -0.4 is 29.6 Å². The Morgan fingerprint density at radius 2 is 1.44 bits per heavy atom.